The van der Waals surface area contributed by atoms with E-state index in [1.165, 1.54) is 0 Å². The lowest BCUT2D eigenvalue weighted by atomic mass is 10.2. The van der Waals surface area contributed by atoms with Crippen LogP contribution in [0.2, 0.25) is 0 Å². The second-order valence-electron chi connectivity index (χ2n) is 3.76. The van der Waals surface area contributed by atoms with E-state index < -0.39 is 30.4 Å². The first-order valence-electron chi connectivity index (χ1n) is 5.57. The summed E-state index contributed by atoms with van der Waals surface area (Å²) in [6.45, 7) is -0.931. The van der Waals surface area contributed by atoms with Gasteiger partial charge in [-0.2, -0.15) is 0 Å². The largest absolute Gasteiger partial charge is 0.394 e. The fourth-order valence-electron chi connectivity index (χ4n) is 1.32. The van der Waals surface area contributed by atoms with E-state index in [0.29, 0.717) is 5.56 Å². The Morgan fingerprint density at radius 2 is 1.84 bits per heavy atom. The SMILES string of the molecule is NC(=O)CNC(=O)[C@H](CO)NC(=O)c1ccccc1. The molecule has 1 rings (SSSR count). The smallest absolute Gasteiger partial charge is 0.251 e. The first-order chi connectivity index (χ1) is 9.04. The van der Waals surface area contributed by atoms with Crippen molar-refractivity contribution in [1.29, 1.82) is 0 Å². The van der Waals surface area contributed by atoms with Gasteiger partial charge >= 0.3 is 0 Å². The number of benzene rings is 1. The van der Waals surface area contributed by atoms with Crippen molar-refractivity contribution >= 4 is 17.7 Å². The molecule has 1 aromatic carbocycles. The van der Waals surface area contributed by atoms with Gasteiger partial charge in [-0.3, -0.25) is 14.4 Å². The molecule has 0 saturated heterocycles. The zero-order valence-electron chi connectivity index (χ0n) is 10.1. The van der Waals surface area contributed by atoms with E-state index in [0.717, 1.165) is 0 Å². The van der Waals surface area contributed by atoms with Gasteiger partial charge in [0.05, 0.1) is 13.2 Å². The summed E-state index contributed by atoms with van der Waals surface area (Å²) >= 11 is 0. The number of hydrogen-bond donors (Lipinski definition) is 4. The number of aliphatic hydroxyl groups is 1. The molecule has 0 radical (unpaired) electrons. The van der Waals surface area contributed by atoms with Gasteiger partial charge in [-0.15, -0.1) is 0 Å². The molecule has 0 fully saturated rings. The average Bonchev–Trinajstić information content (AvgIpc) is 2.42. The molecule has 7 heteroatoms. The molecule has 0 spiro atoms. The molecule has 3 amide bonds. The van der Waals surface area contributed by atoms with Gasteiger partial charge in [0.25, 0.3) is 5.91 Å². The maximum Gasteiger partial charge on any atom is 0.251 e. The number of carbonyl (C=O) groups is 3. The highest BCUT2D eigenvalue weighted by molar-refractivity contribution is 5.98. The Morgan fingerprint density at radius 1 is 1.21 bits per heavy atom. The Morgan fingerprint density at radius 3 is 2.37 bits per heavy atom. The average molecular weight is 265 g/mol. The third-order valence-corrected chi connectivity index (χ3v) is 2.28. The highest BCUT2D eigenvalue weighted by atomic mass is 16.3. The van der Waals surface area contributed by atoms with E-state index in [1.54, 1.807) is 30.3 Å². The topological polar surface area (TPSA) is 122 Å². The monoisotopic (exact) mass is 265 g/mol. The van der Waals surface area contributed by atoms with Gasteiger partial charge in [0.1, 0.15) is 6.04 Å². The molecule has 0 aliphatic carbocycles. The molecule has 0 unspecified atom stereocenters. The molecule has 0 saturated carbocycles. The number of primary amides is 1. The van der Waals surface area contributed by atoms with Crippen LogP contribution in [0.3, 0.4) is 0 Å². The summed E-state index contributed by atoms with van der Waals surface area (Å²) in [7, 11) is 0. The van der Waals surface area contributed by atoms with Gasteiger partial charge in [0, 0.05) is 5.56 Å². The van der Waals surface area contributed by atoms with E-state index in [-0.39, 0.29) is 6.54 Å². The lowest BCUT2D eigenvalue weighted by Gasteiger charge is -2.15. The van der Waals surface area contributed by atoms with Gasteiger partial charge in [-0.25, -0.2) is 0 Å². The molecule has 0 heterocycles. The Labute approximate surface area is 109 Å². The standard InChI is InChI=1S/C12H15N3O4/c13-10(17)6-14-12(19)9(7-16)15-11(18)8-4-2-1-3-5-8/h1-5,9,16H,6-7H2,(H2,13,17)(H,14,19)(H,15,18)/t9-/m0/s1. The maximum atomic E-state index is 11.8. The van der Waals surface area contributed by atoms with Crippen molar-refractivity contribution in [1.82, 2.24) is 10.6 Å². The predicted octanol–water partition coefficient (Wildman–Crippen LogP) is -1.62. The minimum absolute atomic E-state index is 0.351. The zero-order valence-corrected chi connectivity index (χ0v) is 10.1. The molecule has 19 heavy (non-hydrogen) atoms. The summed E-state index contributed by atoms with van der Waals surface area (Å²) in [5.41, 5.74) is 5.24. The van der Waals surface area contributed by atoms with Crippen LogP contribution in [0.15, 0.2) is 30.3 Å². The fourth-order valence-corrected chi connectivity index (χ4v) is 1.32. The van der Waals surface area contributed by atoms with Gasteiger partial charge in [-0.1, -0.05) is 18.2 Å². The number of nitrogens with two attached hydrogens (primary N) is 1. The summed E-state index contributed by atoms with van der Waals surface area (Å²) in [4.78, 5) is 33.8. The minimum atomic E-state index is -1.13. The molecular weight excluding hydrogens is 250 g/mol. The van der Waals surface area contributed by atoms with Crippen molar-refractivity contribution < 1.29 is 19.5 Å². The predicted molar refractivity (Wildman–Crippen MR) is 67.0 cm³/mol. The molecule has 7 nitrogen and oxygen atoms in total. The normalized spacial score (nSPS) is 11.4. The van der Waals surface area contributed by atoms with Crippen LogP contribution in [0.4, 0.5) is 0 Å². The first kappa shape index (κ1) is 14.7. The van der Waals surface area contributed by atoms with Crippen molar-refractivity contribution in [2.24, 2.45) is 5.73 Å². The summed E-state index contributed by atoms with van der Waals surface area (Å²) in [6, 6.07) is 7.12. The van der Waals surface area contributed by atoms with Crippen LogP contribution in [0, 0.1) is 0 Å². The summed E-state index contributed by atoms with van der Waals surface area (Å²) in [6.07, 6.45) is 0. The molecule has 1 atom stereocenters. The number of rotatable bonds is 6. The molecule has 0 bridgehead atoms. The number of nitrogens with one attached hydrogen (secondary N) is 2. The fraction of sp³-hybridized carbons (Fsp3) is 0.250. The van der Waals surface area contributed by atoms with Crippen LogP contribution in [0.25, 0.3) is 0 Å². The van der Waals surface area contributed by atoms with E-state index in [4.69, 9.17) is 10.8 Å². The third-order valence-electron chi connectivity index (χ3n) is 2.28. The maximum absolute atomic E-state index is 11.8. The van der Waals surface area contributed by atoms with Crippen LogP contribution >= 0.6 is 0 Å². The highest BCUT2D eigenvalue weighted by Gasteiger charge is 2.20. The molecule has 0 aliphatic heterocycles. The Bertz CT molecular complexity index is 461. The molecule has 0 aromatic heterocycles. The van der Waals surface area contributed by atoms with Crippen molar-refractivity contribution in [3.05, 3.63) is 35.9 Å². The van der Waals surface area contributed by atoms with E-state index in [1.807, 2.05) is 0 Å². The molecule has 1 aromatic rings. The number of aliphatic hydroxyl groups excluding tert-OH is 1. The Hall–Kier alpha value is -2.41. The van der Waals surface area contributed by atoms with Crippen molar-refractivity contribution in [2.45, 2.75) is 6.04 Å². The van der Waals surface area contributed by atoms with E-state index in [9.17, 15) is 14.4 Å². The molecule has 102 valence electrons. The minimum Gasteiger partial charge on any atom is -0.394 e. The summed E-state index contributed by atoms with van der Waals surface area (Å²) in [5.74, 6) is -1.88. The second-order valence-corrected chi connectivity index (χ2v) is 3.76. The van der Waals surface area contributed by atoms with E-state index >= 15 is 0 Å². The lowest BCUT2D eigenvalue weighted by Crippen LogP contribution is -2.50. The van der Waals surface area contributed by atoms with Crippen LogP contribution < -0.4 is 16.4 Å². The van der Waals surface area contributed by atoms with Crippen LogP contribution in [0.5, 0.6) is 0 Å². The zero-order chi connectivity index (χ0) is 14.3. The highest BCUT2D eigenvalue weighted by Crippen LogP contribution is 1.98. The summed E-state index contributed by atoms with van der Waals surface area (Å²) < 4.78 is 0. The molecular formula is C12H15N3O4. The Kier molecular flexibility index (Phi) is 5.49. The van der Waals surface area contributed by atoms with E-state index in [2.05, 4.69) is 10.6 Å². The first-order valence-corrected chi connectivity index (χ1v) is 5.57. The lowest BCUT2D eigenvalue weighted by molar-refractivity contribution is -0.126. The van der Waals surface area contributed by atoms with Gasteiger partial charge in [-0.05, 0) is 12.1 Å². The molecule has 0 aliphatic rings. The van der Waals surface area contributed by atoms with Crippen LogP contribution in [0.1, 0.15) is 10.4 Å². The third kappa shape index (κ3) is 4.76. The van der Waals surface area contributed by atoms with Crippen molar-refractivity contribution in [3.63, 3.8) is 0 Å². The van der Waals surface area contributed by atoms with Gasteiger partial charge in [0.2, 0.25) is 11.8 Å². The number of hydrogen-bond acceptors (Lipinski definition) is 4. The second kappa shape index (κ2) is 7.12. The summed E-state index contributed by atoms with van der Waals surface area (Å²) in [5, 5.41) is 13.6. The van der Waals surface area contributed by atoms with Crippen LogP contribution in [-0.2, 0) is 9.59 Å². The number of carbonyl (C=O) groups excluding carboxylic acids is 3. The van der Waals surface area contributed by atoms with Crippen molar-refractivity contribution in [3.8, 4) is 0 Å². The molecule has 5 N–H and O–H groups in total. The van der Waals surface area contributed by atoms with Gasteiger partial charge < -0.3 is 21.5 Å². The van der Waals surface area contributed by atoms with Gasteiger partial charge in [0.15, 0.2) is 0 Å². The Balaban J connectivity index is 2.59. The van der Waals surface area contributed by atoms with Crippen molar-refractivity contribution in [2.75, 3.05) is 13.2 Å². The van der Waals surface area contributed by atoms with Crippen LogP contribution in [-0.4, -0.2) is 42.0 Å². The number of amides is 3. The quantitative estimate of drug-likeness (QED) is 0.493.